The first-order valence-corrected chi connectivity index (χ1v) is 13.8. The van der Waals surface area contributed by atoms with E-state index in [0.717, 1.165) is 18.7 Å². The minimum atomic E-state index is -1.09. The number of amides is 2. The second kappa shape index (κ2) is 15.6. The van der Waals surface area contributed by atoms with E-state index in [1.807, 2.05) is 44.2 Å². The molecule has 2 N–H and O–H groups in total. The number of carboxylic acids is 1. The molecule has 2 heterocycles. The molecule has 0 bridgehead atoms. The number of hydrogen-bond donors (Lipinski definition) is 2. The van der Waals surface area contributed by atoms with Crippen LogP contribution in [0, 0.1) is 0 Å². The Labute approximate surface area is 239 Å². The topological polar surface area (TPSA) is 154 Å². The molecule has 3 rings (SSSR count). The van der Waals surface area contributed by atoms with E-state index in [1.54, 1.807) is 13.0 Å². The molecule has 0 unspecified atom stereocenters. The first-order chi connectivity index (χ1) is 19.7. The highest BCUT2D eigenvalue weighted by atomic mass is 16.8. The first kappa shape index (κ1) is 31.4. The number of carbonyl (C=O) groups excluding carboxylic acids is 3. The third-order valence-electron chi connectivity index (χ3n) is 6.59. The number of nitrogens with one attached hydrogen (secondary N) is 1. The van der Waals surface area contributed by atoms with Gasteiger partial charge in [0.1, 0.15) is 11.7 Å². The van der Waals surface area contributed by atoms with E-state index < -0.39 is 30.0 Å². The monoisotopic (exact) mass is 570 g/mol. The number of benzene rings is 1. The number of rotatable bonds is 13. The zero-order valence-electron chi connectivity index (χ0n) is 23.7. The Bertz CT molecular complexity index is 1180. The number of carbonyl (C=O) groups is 4. The summed E-state index contributed by atoms with van der Waals surface area (Å²) in [5.41, 5.74) is 1.48. The van der Waals surface area contributed by atoms with Crippen molar-refractivity contribution in [3.05, 3.63) is 47.8 Å². The number of carboxylic acid groups (broad SMARTS) is 1. The highest BCUT2D eigenvalue weighted by Gasteiger charge is 2.31. The minimum absolute atomic E-state index is 0.0850. The van der Waals surface area contributed by atoms with Crippen LogP contribution in [0.25, 0.3) is 11.4 Å². The van der Waals surface area contributed by atoms with Crippen molar-refractivity contribution in [3.8, 4) is 11.4 Å². The fourth-order valence-corrected chi connectivity index (χ4v) is 4.31. The molecule has 0 aliphatic carbocycles. The van der Waals surface area contributed by atoms with E-state index in [1.165, 1.54) is 9.96 Å². The van der Waals surface area contributed by atoms with Crippen LogP contribution < -0.4 is 5.32 Å². The third kappa shape index (κ3) is 9.50. The summed E-state index contributed by atoms with van der Waals surface area (Å²) in [5.74, 6) is -1.72. The molecule has 0 spiro atoms. The Hall–Kier alpha value is -4.10. The largest absolute Gasteiger partial charge is 0.527 e. The van der Waals surface area contributed by atoms with Crippen LogP contribution in [0.15, 0.2) is 36.4 Å². The van der Waals surface area contributed by atoms with Gasteiger partial charge in [0.25, 0.3) is 5.91 Å². The van der Waals surface area contributed by atoms with Crippen LogP contribution in [0.2, 0.25) is 0 Å². The van der Waals surface area contributed by atoms with Crippen molar-refractivity contribution in [2.24, 2.45) is 0 Å². The Morgan fingerprint density at radius 3 is 2.32 bits per heavy atom. The van der Waals surface area contributed by atoms with Gasteiger partial charge in [0, 0.05) is 31.6 Å². The molecule has 1 aromatic carbocycles. The highest BCUT2D eigenvalue weighted by Crippen LogP contribution is 2.17. The van der Waals surface area contributed by atoms with Crippen molar-refractivity contribution in [3.63, 3.8) is 0 Å². The van der Waals surface area contributed by atoms with Gasteiger partial charge in [0.2, 0.25) is 5.91 Å². The summed E-state index contributed by atoms with van der Waals surface area (Å²) in [6.45, 7) is 8.95. The van der Waals surface area contributed by atoms with Crippen LogP contribution in [0.4, 0.5) is 4.79 Å². The molecule has 1 aliphatic heterocycles. The van der Waals surface area contributed by atoms with Crippen LogP contribution in [0.5, 0.6) is 0 Å². The van der Waals surface area contributed by atoms with Gasteiger partial charge in [-0.05, 0) is 32.5 Å². The van der Waals surface area contributed by atoms with Gasteiger partial charge in [-0.3, -0.25) is 19.3 Å². The van der Waals surface area contributed by atoms with Gasteiger partial charge in [0.05, 0.1) is 25.4 Å². The maximum absolute atomic E-state index is 13.5. The molecular formula is C28H38N6O7. The van der Waals surface area contributed by atoms with Crippen molar-refractivity contribution in [2.75, 3.05) is 45.9 Å². The zero-order chi connectivity index (χ0) is 29.8. The molecule has 2 aromatic rings. The van der Waals surface area contributed by atoms with E-state index >= 15 is 0 Å². The number of hydrogen-bond acceptors (Lipinski definition) is 10. The lowest BCUT2D eigenvalue weighted by molar-refractivity contribution is -0.157. The van der Waals surface area contributed by atoms with Gasteiger partial charge in [-0.1, -0.05) is 44.2 Å². The standard InChI is InChI=1S/C28H38N6O7/c1-4-32(5-2)19-21-18-23(30-25(29-21)20-10-8-7-9-11-20)26(37)31-22(12-13-24(35)36)27(38)33-14-16-34(17-15-33)41-28(39)40-6-3/h7-11,18,22H,4-6,12-17,19H2,1-3H3,(H,31,37)(H,35,36)/t22-/m0/s1. The van der Waals surface area contributed by atoms with Crippen LogP contribution >= 0.6 is 0 Å². The van der Waals surface area contributed by atoms with Crippen molar-refractivity contribution >= 4 is 23.9 Å². The number of nitrogens with zero attached hydrogens (tertiary/aromatic N) is 5. The van der Waals surface area contributed by atoms with Crippen molar-refractivity contribution < 1.29 is 33.9 Å². The average molecular weight is 571 g/mol. The number of piperazine rings is 1. The summed E-state index contributed by atoms with van der Waals surface area (Å²) in [6, 6.07) is 9.80. The molecule has 1 atom stereocenters. The molecular weight excluding hydrogens is 532 g/mol. The van der Waals surface area contributed by atoms with Gasteiger partial charge >= 0.3 is 12.1 Å². The minimum Gasteiger partial charge on any atom is -0.481 e. The van der Waals surface area contributed by atoms with Crippen molar-refractivity contribution in [1.29, 1.82) is 0 Å². The van der Waals surface area contributed by atoms with E-state index in [2.05, 4.69) is 20.2 Å². The molecule has 1 saturated heterocycles. The van der Waals surface area contributed by atoms with Gasteiger partial charge < -0.3 is 24.9 Å². The Kier molecular flexibility index (Phi) is 12.0. The molecule has 1 aliphatic rings. The van der Waals surface area contributed by atoms with Crippen LogP contribution in [-0.4, -0.2) is 106 Å². The van der Waals surface area contributed by atoms with E-state index in [0.29, 0.717) is 18.1 Å². The molecule has 13 heteroatoms. The SMILES string of the molecule is CCOC(=O)ON1CCN(C(=O)[C@H](CCC(=O)O)NC(=O)c2cc(CN(CC)CC)nc(-c3ccccc3)n2)CC1. The second-order valence-electron chi connectivity index (χ2n) is 9.38. The Balaban J connectivity index is 1.79. The number of aliphatic carboxylic acids is 1. The molecule has 1 fully saturated rings. The zero-order valence-corrected chi connectivity index (χ0v) is 23.7. The quantitative estimate of drug-likeness (QED) is 0.341. The summed E-state index contributed by atoms with van der Waals surface area (Å²) in [7, 11) is 0. The van der Waals surface area contributed by atoms with E-state index in [9.17, 15) is 24.3 Å². The normalized spacial score (nSPS) is 14.4. The molecule has 0 saturated carbocycles. The maximum Gasteiger partial charge on any atom is 0.527 e. The maximum atomic E-state index is 13.5. The summed E-state index contributed by atoms with van der Waals surface area (Å²) >= 11 is 0. The third-order valence-corrected chi connectivity index (χ3v) is 6.59. The number of ether oxygens (including phenoxy) is 1. The fraction of sp³-hybridized carbons (Fsp3) is 0.500. The van der Waals surface area contributed by atoms with Crippen molar-refractivity contribution in [1.82, 2.24) is 30.1 Å². The Morgan fingerprint density at radius 1 is 1.02 bits per heavy atom. The molecule has 2 amide bonds. The highest BCUT2D eigenvalue weighted by molar-refractivity contribution is 5.96. The average Bonchev–Trinajstić information content (AvgIpc) is 2.98. The fourth-order valence-electron chi connectivity index (χ4n) is 4.31. The van der Waals surface area contributed by atoms with Gasteiger partial charge in [0.15, 0.2) is 5.82 Å². The van der Waals surface area contributed by atoms with Crippen molar-refractivity contribution in [2.45, 2.75) is 46.2 Å². The summed E-state index contributed by atoms with van der Waals surface area (Å²) in [5, 5.41) is 13.4. The Morgan fingerprint density at radius 2 is 1.71 bits per heavy atom. The second-order valence-corrected chi connectivity index (χ2v) is 9.38. The molecule has 222 valence electrons. The molecule has 1 aromatic heterocycles. The van der Waals surface area contributed by atoms with Crippen LogP contribution in [-0.2, 0) is 25.7 Å². The lowest BCUT2D eigenvalue weighted by Crippen LogP contribution is -2.55. The lowest BCUT2D eigenvalue weighted by atomic mass is 10.1. The van der Waals surface area contributed by atoms with Gasteiger partial charge in [-0.25, -0.2) is 14.8 Å². The summed E-state index contributed by atoms with van der Waals surface area (Å²) in [6.07, 6.45) is -1.23. The van der Waals surface area contributed by atoms with E-state index in [-0.39, 0.29) is 51.3 Å². The van der Waals surface area contributed by atoms with Gasteiger partial charge in [-0.15, -0.1) is 5.06 Å². The lowest BCUT2D eigenvalue weighted by Gasteiger charge is -2.35. The van der Waals surface area contributed by atoms with Crippen LogP contribution in [0.1, 0.15) is 49.8 Å². The predicted octanol–water partition coefficient (Wildman–Crippen LogP) is 2.18. The number of hydroxylamine groups is 2. The molecule has 0 radical (unpaired) electrons. The predicted molar refractivity (Wildman–Crippen MR) is 148 cm³/mol. The van der Waals surface area contributed by atoms with Gasteiger partial charge in [-0.2, -0.15) is 0 Å². The van der Waals surface area contributed by atoms with E-state index in [4.69, 9.17) is 9.57 Å². The van der Waals surface area contributed by atoms with Crippen LogP contribution in [0.3, 0.4) is 0 Å². The number of aromatic nitrogens is 2. The summed E-state index contributed by atoms with van der Waals surface area (Å²) < 4.78 is 4.78. The smallest absolute Gasteiger partial charge is 0.481 e. The summed E-state index contributed by atoms with van der Waals surface area (Å²) in [4.78, 5) is 67.7. The molecule has 41 heavy (non-hydrogen) atoms. The molecule has 13 nitrogen and oxygen atoms in total. The first-order valence-electron chi connectivity index (χ1n) is 13.8.